The van der Waals surface area contributed by atoms with Crippen molar-refractivity contribution in [1.29, 1.82) is 0 Å². The first-order valence-corrected chi connectivity index (χ1v) is 8.24. The number of hydrogen-bond donors (Lipinski definition) is 0. The van der Waals surface area contributed by atoms with Gasteiger partial charge < -0.3 is 4.74 Å². The van der Waals surface area contributed by atoms with Gasteiger partial charge in [0.2, 0.25) is 5.88 Å². The standard InChI is InChI=1S/C18H11BrN4O2/c19-15-7-6-14(10-13(15)11-24)25-17-9-8-16-20-21-18(23(16)22-17)12-4-2-1-3-5-12/h1-11H. The van der Waals surface area contributed by atoms with Gasteiger partial charge in [-0.05, 0) is 24.3 Å². The molecule has 2 aromatic carbocycles. The summed E-state index contributed by atoms with van der Waals surface area (Å²) in [6.45, 7) is 0. The van der Waals surface area contributed by atoms with E-state index in [4.69, 9.17) is 4.74 Å². The molecule has 2 aromatic heterocycles. The SMILES string of the molecule is O=Cc1cc(Oc2ccc3nnc(-c4ccccc4)n3n2)ccc1Br. The lowest BCUT2D eigenvalue weighted by molar-refractivity contribution is 0.112. The van der Waals surface area contributed by atoms with Crippen molar-refractivity contribution in [2.24, 2.45) is 0 Å². The molecule has 122 valence electrons. The third-order valence-corrected chi connectivity index (χ3v) is 4.31. The summed E-state index contributed by atoms with van der Waals surface area (Å²) in [5, 5.41) is 12.8. The lowest BCUT2D eigenvalue weighted by Gasteiger charge is -2.07. The van der Waals surface area contributed by atoms with Crippen LogP contribution in [0.5, 0.6) is 11.6 Å². The van der Waals surface area contributed by atoms with Crippen LogP contribution < -0.4 is 4.74 Å². The third-order valence-electron chi connectivity index (χ3n) is 3.59. The first-order chi connectivity index (χ1) is 12.2. The van der Waals surface area contributed by atoms with Crippen LogP contribution in [0.2, 0.25) is 0 Å². The largest absolute Gasteiger partial charge is 0.438 e. The van der Waals surface area contributed by atoms with Gasteiger partial charge in [0.05, 0.1) is 0 Å². The molecule has 7 heteroatoms. The van der Waals surface area contributed by atoms with E-state index in [-0.39, 0.29) is 0 Å². The van der Waals surface area contributed by atoms with E-state index >= 15 is 0 Å². The predicted molar refractivity (Wildman–Crippen MR) is 95.8 cm³/mol. The van der Waals surface area contributed by atoms with Crippen LogP contribution in [0.15, 0.2) is 65.1 Å². The van der Waals surface area contributed by atoms with E-state index in [2.05, 4.69) is 31.2 Å². The van der Waals surface area contributed by atoms with E-state index in [9.17, 15) is 4.79 Å². The molecule has 0 aliphatic rings. The van der Waals surface area contributed by atoms with Gasteiger partial charge in [0.15, 0.2) is 17.8 Å². The summed E-state index contributed by atoms with van der Waals surface area (Å²) in [6.07, 6.45) is 0.765. The summed E-state index contributed by atoms with van der Waals surface area (Å²) in [7, 11) is 0. The fourth-order valence-corrected chi connectivity index (χ4v) is 2.73. The Morgan fingerprint density at radius 3 is 2.64 bits per heavy atom. The molecule has 0 unspecified atom stereocenters. The molecule has 0 saturated carbocycles. The number of benzene rings is 2. The van der Waals surface area contributed by atoms with Crippen molar-refractivity contribution in [1.82, 2.24) is 19.8 Å². The predicted octanol–water partition coefficient (Wildman–Crippen LogP) is 4.16. The Kier molecular flexibility index (Phi) is 3.99. The molecule has 0 aliphatic heterocycles. The van der Waals surface area contributed by atoms with Crippen LogP contribution in [0.25, 0.3) is 17.0 Å². The first-order valence-electron chi connectivity index (χ1n) is 7.45. The molecular weight excluding hydrogens is 384 g/mol. The molecule has 0 amide bonds. The topological polar surface area (TPSA) is 69.4 Å². The number of aromatic nitrogens is 4. The second kappa shape index (κ2) is 6.45. The van der Waals surface area contributed by atoms with Gasteiger partial charge in [0.1, 0.15) is 5.75 Å². The third kappa shape index (κ3) is 3.01. The second-order valence-corrected chi connectivity index (χ2v) is 6.09. The van der Waals surface area contributed by atoms with Crippen LogP contribution in [0, 0.1) is 0 Å². The molecule has 4 rings (SSSR count). The normalized spacial score (nSPS) is 10.8. The fraction of sp³-hybridized carbons (Fsp3) is 0. The number of halogens is 1. The number of ether oxygens (including phenoxy) is 1. The Balaban J connectivity index is 1.73. The highest BCUT2D eigenvalue weighted by atomic mass is 79.9. The summed E-state index contributed by atoms with van der Waals surface area (Å²) in [5.74, 6) is 1.53. The highest BCUT2D eigenvalue weighted by molar-refractivity contribution is 9.10. The molecule has 0 fully saturated rings. The van der Waals surface area contributed by atoms with Gasteiger partial charge >= 0.3 is 0 Å². The van der Waals surface area contributed by atoms with Gasteiger partial charge in [-0.2, -0.15) is 4.52 Å². The molecule has 0 saturated heterocycles. The number of aldehydes is 1. The maximum atomic E-state index is 11.1. The van der Waals surface area contributed by atoms with Gasteiger partial charge in [-0.3, -0.25) is 4.79 Å². The molecule has 0 N–H and O–H groups in total. The molecule has 0 bridgehead atoms. The van der Waals surface area contributed by atoms with E-state index < -0.39 is 0 Å². The highest BCUT2D eigenvalue weighted by Gasteiger charge is 2.11. The number of rotatable bonds is 4. The number of nitrogens with zero attached hydrogens (tertiary/aromatic N) is 4. The summed E-state index contributed by atoms with van der Waals surface area (Å²) < 4.78 is 8.12. The Hall–Kier alpha value is -3.06. The molecule has 0 atom stereocenters. The fourth-order valence-electron chi connectivity index (χ4n) is 2.39. The quantitative estimate of drug-likeness (QED) is 0.486. The minimum Gasteiger partial charge on any atom is -0.438 e. The Labute approximate surface area is 151 Å². The van der Waals surface area contributed by atoms with Gasteiger partial charge in [-0.25, -0.2) is 0 Å². The first kappa shape index (κ1) is 15.5. The molecular formula is C18H11BrN4O2. The Bertz CT molecular complexity index is 1060. The number of fused-ring (bicyclic) bond motifs is 1. The van der Waals surface area contributed by atoms with Crippen molar-refractivity contribution in [2.75, 3.05) is 0 Å². The van der Waals surface area contributed by atoms with Crippen molar-refractivity contribution in [3.63, 3.8) is 0 Å². The van der Waals surface area contributed by atoms with Crippen LogP contribution in [0.1, 0.15) is 10.4 Å². The van der Waals surface area contributed by atoms with Crippen LogP contribution in [-0.2, 0) is 0 Å². The number of carbonyl (C=O) groups is 1. The van der Waals surface area contributed by atoms with Gasteiger partial charge in [0, 0.05) is 21.7 Å². The second-order valence-electron chi connectivity index (χ2n) is 5.23. The molecule has 4 aromatic rings. The molecule has 2 heterocycles. The van der Waals surface area contributed by atoms with Crippen molar-refractivity contribution in [3.8, 4) is 23.0 Å². The minimum absolute atomic E-state index is 0.378. The average molecular weight is 395 g/mol. The van der Waals surface area contributed by atoms with Crippen LogP contribution in [0.3, 0.4) is 0 Å². The van der Waals surface area contributed by atoms with E-state index in [1.165, 1.54) is 0 Å². The average Bonchev–Trinajstić information content (AvgIpc) is 3.07. The summed E-state index contributed by atoms with van der Waals surface area (Å²) in [4.78, 5) is 11.1. The van der Waals surface area contributed by atoms with Crippen LogP contribution in [0.4, 0.5) is 0 Å². The van der Waals surface area contributed by atoms with Crippen molar-refractivity contribution in [2.45, 2.75) is 0 Å². The van der Waals surface area contributed by atoms with Crippen molar-refractivity contribution < 1.29 is 9.53 Å². The highest BCUT2D eigenvalue weighted by Crippen LogP contribution is 2.25. The molecule has 6 nitrogen and oxygen atoms in total. The number of hydrogen-bond acceptors (Lipinski definition) is 5. The summed E-state index contributed by atoms with van der Waals surface area (Å²) in [5.41, 5.74) is 2.04. The van der Waals surface area contributed by atoms with Gasteiger partial charge in [-0.15, -0.1) is 15.3 Å². The maximum absolute atomic E-state index is 11.1. The van der Waals surface area contributed by atoms with Crippen LogP contribution >= 0.6 is 15.9 Å². The molecule has 25 heavy (non-hydrogen) atoms. The van der Waals surface area contributed by atoms with Gasteiger partial charge in [0.25, 0.3) is 0 Å². The zero-order chi connectivity index (χ0) is 17.2. The number of carbonyl (C=O) groups excluding carboxylic acids is 1. The van der Waals surface area contributed by atoms with E-state index in [0.29, 0.717) is 33.1 Å². The van der Waals surface area contributed by atoms with E-state index in [1.54, 1.807) is 34.8 Å². The summed E-state index contributed by atoms with van der Waals surface area (Å²) >= 11 is 3.32. The minimum atomic E-state index is 0.378. The van der Waals surface area contributed by atoms with E-state index in [1.807, 2.05) is 30.3 Å². The zero-order valence-electron chi connectivity index (χ0n) is 12.8. The molecule has 0 radical (unpaired) electrons. The van der Waals surface area contributed by atoms with Gasteiger partial charge in [-0.1, -0.05) is 46.3 Å². The molecule has 0 spiro atoms. The monoisotopic (exact) mass is 394 g/mol. The zero-order valence-corrected chi connectivity index (χ0v) is 14.4. The van der Waals surface area contributed by atoms with Crippen molar-refractivity contribution in [3.05, 3.63) is 70.7 Å². The lowest BCUT2D eigenvalue weighted by atomic mass is 10.2. The molecule has 0 aliphatic carbocycles. The Morgan fingerprint density at radius 2 is 1.84 bits per heavy atom. The Morgan fingerprint density at radius 1 is 1.00 bits per heavy atom. The van der Waals surface area contributed by atoms with Crippen molar-refractivity contribution >= 4 is 27.9 Å². The maximum Gasteiger partial charge on any atom is 0.237 e. The summed E-state index contributed by atoms with van der Waals surface area (Å²) in [6, 6.07) is 18.3. The smallest absolute Gasteiger partial charge is 0.237 e. The van der Waals surface area contributed by atoms with E-state index in [0.717, 1.165) is 11.8 Å². The van der Waals surface area contributed by atoms with Crippen LogP contribution in [-0.4, -0.2) is 26.1 Å². The lowest BCUT2D eigenvalue weighted by Crippen LogP contribution is -1.98.